The molecular formula is C9H19N3O. The SMILES string of the molecule is CCCCN(C)CC1CN=C(N)O1. The first-order valence-corrected chi connectivity index (χ1v) is 4.87. The summed E-state index contributed by atoms with van der Waals surface area (Å²) in [5.41, 5.74) is 5.41. The summed E-state index contributed by atoms with van der Waals surface area (Å²) in [7, 11) is 2.10. The van der Waals surface area contributed by atoms with E-state index < -0.39 is 0 Å². The van der Waals surface area contributed by atoms with E-state index in [0.717, 1.165) is 13.1 Å². The van der Waals surface area contributed by atoms with Crippen molar-refractivity contribution in [2.45, 2.75) is 25.9 Å². The molecule has 0 amide bonds. The molecule has 2 N–H and O–H groups in total. The zero-order valence-electron chi connectivity index (χ0n) is 8.49. The Balaban J connectivity index is 2.11. The van der Waals surface area contributed by atoms with E-state index >= 15 is 0 Å². The van der Waals surface area contributed by atoms with Crippen LogP contribution in [0.1, 0.15) is 19.8 Å². The predicted octanol–water partition coefficient (Wildman–Crippen LogP) is 0.432. The second-order valence-corrected chi connectivity index (χ2v) is 3.53. The third-order valence-corrected chi connectivity index (χ3v) is 2.15. The van der Waals surface area contributed by atoms with Gasteiger partial charge in [0.25, 0.3) is 6.02 Å². The molecule has 0 aromatic rings. The molecule has 1 heterocycles. The number of amidine groups is 1. The van der Waals surface area contributed by atoms with Crippen LogP contribution in [0.5, 0.6) is 0 Å². The zero-order valence-corrected chi connectivity index (χ0v) is 8.49. The molecule has 0 bridgehead atoms. The van der Waals surface area contributed by atoms with Crippen molar-refractivity contribution >= 4 is 6.02 Å². The van der Waals surface area contributed by atoms with Gasteiger partial charge >= 0.3 is 0 Å². The van der Waals surface area contributed by atoms with Crippen LogP contribution < -0.4 is 5.73 Å². The van der Waals surface area contributed by atoms with Crippen LogP contribution in [0.25, 0.3) is 0 Å². The first kappa shape index (κ1) is 10.3. The summed E-state index contributed by atoms with van der Waals surface area (Å²) >= 11 is 0. The van der Waals surface area contributed by atoms with Crippen LogP contribution in [0, 0.1) is 0 Å². The molecule has 0 spiro atoms. The van der Waals surface area contributed by atoms with E-state index in [1.54, 1.807) is 0 Å². The molecule has 13 heavy (non-hydrogen) atoms. The van der Waals surface area contributed by atoms with Crippen molar-refractivity contribution in [1.29, 1.82) is 0 Å². The highest BCUT2D eigenvalue weighted by Crippen LogP contribution is 2.04. The Hall–Kier alpha value is -0.770. The summed E-state index contributed by atoms with van der Waals surface area (Å²) < 4.78 is 5.30. The standard InChI is InChI=1S/C9H19N3O/c1-3-4-5-12(2)7-8-6-11-9(10)13-8/h8H,3-7H2,1-2H3,(H2,10,11). The van der Waals surface area contributed by atoms with Crippen molar-refractivity contribution in [1.82, 2.24) is 4.90 Å². The van der Waals surface area contributed by atoms with E-state index in [0.29, 0.717) is 12.6 Å². The second kappa shape index (κ2) is 5.07. The predicted molar refractivity (Wildman–Crippen MR) is 53.8 cm³/mol. The van der Waals surface area contributed by atoms with Crippen molar-refractivity contribution in [3.05, 3.63) is 0 Å². The van der Waals surface area contributed by atoms with Gasteiger partial charge in [-0.2, -0.15) is 0 Å². The monoisotopic (exact) mass is 185 g/mol. The topological polar surface area (TPSA) is 50.8 Å². The van der Waals surface area contributed by atoms with E-state index in [2.05, 4.69) is 23.9 Å². The molecule has 1 rings (SSSR count). The average Bonchev–Trinajstić information content (AvgIpc) is 2.48. The molecule has 1 atom stereocenters. The van der Waals surface area contributed by atoms with E-state index in [1.807, 2.05) is 0 Å². The van der Waals surface area contributed by atoms with Crippen LogP contribution in [0.15, 0.2) is 4.99 Å². The van der Waals surface area contributed by atoms with Crippen molar-refractivity contribution in [3.8, 4) is 0 Å². The molecule has 0 aliphatic carbocycles. The van der Waals surface area contributed by atoms with Gasteiger partial charge in [0, 0.05) is 6.54 Å². The number of nitrogens with two attached hydrogens (primary N) is 1. The van der Waals surface area contributed by atoms with E-state index in [-0.39, 0.29) is 6.10 Å². The van der Waals surface area contributed by atoms with Crippen molar-refractivity contribution < 1.29 is 4.74 Å². The largest absolute Gasteiger partial charge is 0.459 e. The van der Waals surface area contributed by atoms with Gasteiger partial charge in [-0.05, 0) is 20.0 Å². The van der Waals surface area contributed by atoms with Gasteiger partial charge in [0.1, 0.15) is 6.10 Å². The molecule has 0 saturated carbocycles. The van der Waals surface area contributed by atoms with Crippen LogP contribution in [0.2, 0.25) is 0 Å². The Morgan fingerprint density at radius 3 is 3.00 bits per heavy atom. The number of likely N-dealkylation sites (N-methyl/N-ethyl adjacent to an activating group) is 1. The van der Waals surface area contributed by atoms with Gasteiger partial charge in [-0.1, -0.05) is 13.3 Å². The zero-order chi connectivity index (χ0) is 9.68. The fourth-order valence-electron chi connectivity index (χ4n) is 1.40. The minimum absolute atomic E-state index is 0.168. The average molecular weight is 185 g/mol. The highest BCUT2D eigenvalue weighted by molar-refractivity contribution is 5.73. The van der Waals surface area contributed by atoms with Gasteiger partial charge in [0.2, 0.25) is 0 Å². The van der Waals surface area contributed by atoms with Gasteiger partial charge in [0.05, 0.1) is 6.54 Å². The number of unbranched alkanes of at least 4 members (excludes halogenated alkanes) is 1. The van der Waals surface area contributed by atoms with Crippen LogP contribution in [-0.2, 0) is 4.74 Å². The van der Waals surface area contributed by atoms with Crippen LogP contribution in [0.4, 0.5) is 0 Å². The van der Waals surface area contributed by atoms with E-state index in [4.69, 9.17) is 10.5 Å². The summed E-state index contributed by atoms with van der Waals surface area (Å²) in [6.45, 7) is 4.95. The maximum absolute atomic E-state index is 5.41. The fourth-order valence-corrected chi connectivity index (χ4v) is 1.40. The first-order valence-electron chi connectivity index (χ1n) is 4.87. The number of aliphatic imine (C=N–C) groups is 1. The Kier molecular flexibility index (Phi) is 4.02. The Morgan fingerprint density at radius 1 is 1.69 bits per heavy atom. The summed E-state index contributed by atoms with van der Waals surface area (Å²) in [4.78, 5) is 6.26. The smallest absolute Gasteiger partial charge is 0.282 e. The molecule has 0 fully saturated rings. The minimum atomic E-state index is 0.168. The number of hydrogen-bond acceptors (Lipinski definition) is 4. The van der Waals surface area contributed by atoms with Crippen LogP contribution in [0.3, 0.4) is 0 Å². The second-order valence-electron chi connectivity index (χ2n) is 3.53. The van der Waals surface area contributed by atoms with E-state index in [1.165, 1.54) is 12.8 Å². The lowest BCUT2D eigenvalue weighted by atomic mass is 10.3. The normalized spacial score (nSPS) is 21.8. The van der Waals surface area contributed by atoms with Gasteiger partial charge in [-0.15, -0.1) is 0 Å². The number of nitrogens with zero attached hydrogens (tertiary/aromatic N) is 2. The Morgan fingerprint density at radius 2 is 2.46 bits per heavy atom. The molecule has 76 valence electrons. The molecule has 1 aliphatic heterocycles. The molecule has 4 heteroatoms. The molecule has 1 unspecified atom stereocenters. The highest BCUT2D eigenvalue weighted by Gasteiger charge is 2.18. The molecular weight excluding hydrogens is 166 g/mol. The summed E-state index contributed by atoms with van der Waals surface area (Å²) in [6, 6.07) is 0.342. The first-order chi connectivity index (χ1) is 6.22. The Bertz CT molecular complexity index is 182. The molecule has 1 aliphatic rings. The quantitative estimate of drug-likeness (QED) is 0.676. The molecule has 0 saturated heterocycles. The van der Waals surface area contributed by atoms with Crippen LogP contribution >= 0.6 is 0 Å². The third-order valence-electron chi connectivity index (χ3n) is 2.15. The van der Waals surface area contributed by atoms with Gasteiger partial charge in [0.15, 0.2) is 0 Å². The lowest BCUT2D eigenvalue weighted by Crippen LogP contribution is -2.32. The fraction of sp³-hybridized carbons (Fsp3) is 0.889. The van der Waals surface area contributed by atoms with E-state index in [9.17, 15) is 0 Å². The summed E-state index contributed by atoms with van der Waals surface area (Å²) in [6.07, 6.45) is 2.63. The van der Waals surface area contributed by atoms with Crippen molar-refractivity contribution in [2.75, 3.05) is 26.7 Å². The lowest BCUT2D eigenvalue weighted by Gasteiger charge is -2.19. The number of ether oxygens (including phenoxy) is 1. The van der Waals surface area contributed by atoms with Crippen molar-refractivity contribution in [2.24, 2.45) is 10.7 Å². The minimum Gasteiger partial charge on any atom is -0.459 e. The van der Waals surface area contributed by atoms with Crippen molar-refractivity contribution in [3.63, 3.8) is 0 Å². The molecule has 0 radical (unpaired) electrons. The third kappa shape index (κ3) is 3.63. The maximum atomic E-state index is 5.41. The Labute approximate surface area is 79.8 Å². The van der Waals surface area contributed by atoms with Gasteiger partial charge < -0.3 is 15.4 Å². The summed E-state index contributed by atoms with van der Waals surface area (Å²) in [5.74, 6) is 0. The number of hydrogen-bond donors (Lipinski definition) is 1. The molecule has 4 nitrogen and oxygen atoms in total. The lowest BCUT2D eigenvalue weighted by molar-refractivity contribution is 0.160. The van der Waals surface area contributed by atoms with Gasteiger partial charge in [-0.25, -0.2) is 4.99 Å². The van der Waals surface area contributed by atoms with Gasteiger partial charge in [-0.3, -0.25) is 0 Å². The highest BCUT2D eigenvalue weighted by atomic mass is 16.5. The maximum Gasteiger partial charge on any atom is 0.282 e. The molecule has 0 aromatic heterocycles. The summed E-state index contributed by atoms with van der Waals surface area (Å²) in [5, 5.41) is 0. The van der Waals surface area contributed by atoms with Crippen LogP contribution in [-0.4, -0.2) is 43.7 Å². The molecule has 0 aromatic carbocycles. The number of rotatable bonds is 5.